The molecule has 0 aliphatic heterocycles. The molecule has 0 heterocycles. The first-order valence-electron chi connectivity index (χ1n) is 0.651. The van der Waals surface area contributed by atoms with E-state index in [2.05, 4.69) is 0 Å². The van der Waals surface area contributed by atoms with Crippen molar-refractivity contribution < 1.29 is 23.6 Å². The van der Waals surface area contributed by atoms with Crippen LogP contribution in [0.1, 0.15) is 8.56 Å². The standard InChI is InChI=1S/CH2O3.Ba.Ca.Sr.6H/c2-1(3)4;;;;;;;;;/h(H2,2,3,4);;;;;;;;;/q;3*+2;6*-1. The third-order valence-electron chi connectivity index (χ3n) is 0. The molecule has 3 nitrogen and oxygen atoms in total. The van der Waals surface area contributed by atoms with Crippen LogP contribution in [0.25, 0.3) is 0 Å². The van der Waals surface area contributed by atoms with E-state index >= 15 is 0 Å². The topological polar surface area (TPSA) is 57.5 Å². The third kappa shape index (κ3) is 42.9. The Hall–Kier alpha value is 3.58. The fourth-order valence-corrected chi connectivity index (χ4v) is 0. The van der Waals surface area contributed by atoms with Crippen LogP contribution in [-0.4, -0.2) is 148 Å². The van der Waals surface area contributed by atoms with E-state index in [-0.39, 0.29) is 141 Å². The predicted octanol–water partition coefficient (Wildman–Crippen LogP) is -0.245. The van der Waals surface area contributed by atoms with Crippen molar-refractivity contribution in [3.63, 3.8) is 0 Å². The summed E-state index contributed by atoms with van der Waals surface area (Å²) in [4.78, 5) is 8.56. The normalized spacial score (nSPS) is 3.43. The van der Waals surface area contributed by atoms with Gasteiger partial charge in [0.05, 0.1) is 0 Å². The predicted molar refractivity (Wildman–Crippen MR) is 34.6 cm³/mol. The van der Waals surface area contributed by atoms with Crippen molar-refractivity contribution in [2.24, 2.45) is 0 Å². The van der Waals surface area contributed by atoms with Crippen molar-refractivity contribution in [3.8, 4) is 0 Å². The maximum absolute atomic E-state index is 8.56. The molecule has 0 saturated carbocycles. The van der Waals surface area contributed by atoms with Gasteiger partial charge in [0, 0.05) is 0 Å². The van der Waals surface area contributed by atoms with E-state index in [1.54, 1.807) is 0 Å². The molecule has 0 saturated heterocycles. The molecular formula is CH8BaCaO3Sr. The average Bonchev–Trinajstić information content (AvgIpc) is 0.811. The van der Waals surface area contributed by atoms with Crippen LogP contribution < -0.4 is 0 Å². The largest absolute Gasteiger partial charge is 2.00 e. The molecule has 0 radical (unpaired) electrons. The second-order valence-corrected chi connectivity index (χ2v) is 0.283. The van der Waals surface area contributed by atoms with E-state index < -0.39 is 6.16 Å². The maximum Gasteiger partial charge on any atom is 2.00 e. The zero-order valence-electron chi connectivity index (χ0n) is 9.92. The minimum absolute atomic E-state index is 0. The number of hydrogen-bond acceptors (Lipinski definition) is 1. The van der Waals surface area contributed by atoms with Crippen LogP contribution in [0.3, 0.4) is 0 Å². The smallest absolute Gasteiger partial charge is 1.00 e. The number of carbonyl (C=O) groups is 1. The van der Waals surface area contributed by atoms with Crippen LogP contribution in [0.4, 0.5) is 4.79 Å². The molecule has 0 aromatic carbocycles. The van der Waals surface area contributed by atoms with E-state index in [4.69, 9.17) is 15.0 Å². The van der Waals surface area contributed by atoms with Crippen LogP contribution in [0.15, 0.2) is 0 Å². The van der Waals surface area contributed by atoms with Gasteiger partial charge in [-0.1, -0.05) is 0 Å². The monoisotopic (exact) mass is 334 g/mol. The minimum atomic E-state index is -1.83. The quantitative estimate of drug-likeness (QED) is 0.602. The van der Waals surface area contributed by atoms with E-state index in [0.29, 0.717) is 0 Å². The summed E-state index contributed by atoms with van der Waals surface area (Å²) in [6.45, 7) is 0. The Labute approximate surface area is 157 Å². The third-order valence-corrected chi connectivity index (χ3v) is 0. The number of carboxylic acid groups (broad SMARTS) is 2. The summed E-state index contributed by atoms with van der Waals surface area (Å²) >= 11 is 0. The van der Waals surface area contributed by atoms with E-state index in [1.165, 1.54) is 0 Å². The first-order valence-corrected chi connectivity index (χ1v) is 0.651. The molecule has 0 rings (SSSR count). The molecule has 2 N–H and O–H groups in total. The molecule has 0 aliphatic carbocycles. The van der Waals surface area contributed by atoms with Crippen molar-refractivity contribution in [3.05, 3.63) is 0 Å². The van der Waals surface area contributed by atoms with Crippen LogP contribution in [0.5, 0.6) is 0 Å². The molecule has 0 amide bonds. The molecule has 0 fully saturated rings. The van der Waals surface area contributed by atoms with Gasteiger partial charge in [0.25, 0.3) is 0 Å². The van der Waals surface area contributed by atoms with Crippen LogP contribution >= 0.6 is 0 Å². The zero-order valence-corrected chi connectivity index (χ0v) is 14.0. The fraction of sp³-hybridized carbons (Fsp3) is 0. The molecule has 6 heteroatoms. The summed E-state index contributed by atoms with van der Waals surface area (Å²) in [5, 5.41) is 13.9. The maximum atomic E-state index is 8.56. The van der Waals surface area contributed by atoms with Gasteiger partial charge in [0.2, 0.25) is 0 Å². The van der Waals surface area contributed by atoms with Gasteiger partial charge in [-0.2, -0.15) is 0 Å². The SMILES string of the molecule is O=C(O)O.[Ba+2].[Ca+2].[H-].[H-].[H-].[H-].[H-].[H-].[Sr+2]. The van der Waals surface area contributed by atoms with E-state index in [0.717, 1.165) is 0 Å². The summed E-state index contributed by atoms with van der Waals surface area (Å²) in [6, 6.07) is 0. The van der Waals surface area contributed by atoms with E-state index in [1.807, 2.05) is 0 Å². The van der Waals surface area contributed by atoms with Crippen molar-refractivity contribution in [1.29, 1.82) is 0 Å². The summed E-state index contributed by atoms with van der Waals surface area (Å²) in [6.07, 6.45) is -1.83. The summed E-state index contributed by atoms with van der Waals surface area (Å²) in [5.74, 6) is 0. The fourth-order valence-electron chi connectivity index (χ4n) is 0. The Morgan fingerprint density at radius 3 is 1.43 bits per heavy atom. The van der Waals surface area contributed by atoms with E-state index in [9.17, 15) is 0 Å². The van der Waals surface area contributed by atoms with Gasteiger partial charge in [-0.25, -0.2) is 4.79 Å². The van der Waals surface area contributed by atoms with Crippen molar-refractivity contribution in [2.75, 3.05) is 0 Å². The van der Waals surface area contributed by atoms with Gasteiger partial charge in [-0.05, 0) is 0 Å². The number of hydrogen-bond donors (Lipinski definition) is 2. The zero-order chi connectivity index (χ0) is 3.58. The first-order chi connectivity index (χ1) is 1.73. The van der Waals surface area contributed by atoms with Gasteiger partial charge in [-0.3, -0.25) is 0 Å². The van der Waals surface area contributed by atoms with Gasteiger partial charge in [0.1, 0.15) is 0 Å². The van der Waals surface area contributed by atoms with Gasteiger partial charge in [-0.15, -0.1) is 0 Å². The second-order valence-electron chi connectivity index (χ2n) is 0.283. The molecule has 7 heavy (non-hydrogen) atoms. The molecule has 0 spiro atoms. The first kappa shape index (κ1) is 22.4. The van der Waals surface area contributed by atoms with Crippen molar-refractivity contribution in [1.82, 2.24) is 0 Å². The van der Waals surface area contributed by atoms with Crippen molar-refractivity contribution >= 4 is 138 Å². The molecule has 0 bridgehead atoms. The Balaban J connectivity index is -0.00000000125. The Morgan fingerprint density at radius 2 is 1.43 bits per heavy atom. The molecule has 0 atom stereocenters. The summed E-state index contributed by atoms with van der Waals surface area (Å²) in [7, 11) is 0. The number of rotatable bonds is 0. The average molecular weight is 333 g/mol. The van der Waals surface area contributed by atoms with Crippen molar-refractivity contribution in [2.45, 2.75) is 0 Å². The Morgan fingerprint density at radius 1 is 1.43 bits per heavy atom. The Kier molecular flexibility index (Phi) is 52.2. The van der Waals surface area contributed by atoms with Crippen LogP contribution in [-0.2, 0) is 0 Å². The summed E-state index contributed by atoms with van der Waals surface area (Å²) in [5.41, 5.74) is 0. The van der Waals surface area contributed by atoms with Gasteiger partial charge < -0.3 is 18.8 Å². The summed E-state index contributed by atoms with van der Waals surface area (Å²) < 4.78 is 0. The molecule has 0 aliphatic rings. The van der Waals surface area contributed by atoms with Gasteiger partial charge in [0.15, 0.2) is 0 Å². The van der Waals surface area contributed by atoms with Gasteiger partial charge >= 0.3 is 138 Å². The molecular weight excluding hydrogens is 325 g/mol. The molecule has 36 valence electrons. The minimum Gasteiger partial charge on any atom is -1.00 e. The van der Waals surface area contributed by atoms with Crippen LogP contribution in [0, 0.1) is 0 Å². The van der Waals surface area contributed by atoms with Crippen LogP contribution in [0.2, 0.25) is 0 Å². The molecule has 0 aromatic rings. The second kappa shape index (κ2) is 16.3. The molecule has 0 aromatic heterocycles. The Bertz CT molecular complexity index is 50.9. The molecule has 0 unspecified atom stereocenters.